The summed E-state index contributed by atoms with van der Waals surface area (Å²) in [7, 11) is 0. The maximum Gasteiger partial charge on any atom is -0.0279 e. The zero-order valence-electron chi connectivity index (χ0n) is 13.6. The molecule has 0 heteroatoms. The van der Waals surface area contributed by atoms with Gasteiger partial charge in [0.25, 0.3) is 0 Å². The molecule has 0 spiro atoms. The van der Waals surface area contributed by atoms with Crippen LogP contribution in [0, 0.1) is 0 Å². The Morgan fingerprint density at radius 3 is 1.60 bits per heavy atom. The molecule has 20 heavy (non-hydrogen) atoms. The second-order valence-electron chi connectivity index (χ2n) is 5.42. The van der Waals surface area contributed by atoms with Crippen LogP contribution in [-0.2, 0) is 6.42 Å². The molecule has 0 unspecified atom stereocenters. The molecule has 0 saturated carbocycles. The Labute approximate surface area is 127 Å². The molecule has 0 heterocycles. The first-order valence-electron chi connectivity index (χ1n) is 8.47. The smallest absolute Gasteiger partial charge is 0.0279 e. The Hall–Kier alpha value is -1.04. The number of aryl methyl sites for hydroxylation is 1. The highest BCUT2D eigenvalue weighted by molar-refractivity contribution is 5.14. The van der Waals surface area contributed by atoms with Crippen molar-refractivity contribution in [2.24, 2.45) is 0 Å². The number of hydrogen-bond acceptors (Lipinski definition) is 0. The molecule has 0 fully saturated rings. The van der Waals surface area contributed by atoms with Crippen molar-refractivity contribution >= 4 is 0 Å². The lowest BCUT2D eigenvalue weighted by molar-refractivity contribution is 0.556. The summed E-state index contributed by atoms with van der Waals surface area (Å²) in [5.41, 5.74) is 1.50. The van der Waals surface area contributed by atoms with E-state index in [4.69, 9.17) is 0 Å². The van der Waals surface area contributed by atoms with E-state index >= 15 is 0 Å². The van der Waals surface area contributed by atoms with Crippen molar-refractivity contribution in [2.75, 3.05) is 0 Å². The molecule has 1 aromatic rings. The van der Waals surface area contributed by atoms with Crippen LogP contribution in [0.2, 0.25) is 0 Å². The van der Waals surface area contributed by atoms with Crippen molar-refractivity contribution in [1.29, 1.82) is 0 Å². The van der Waals surface area contributed by atoms with Gasteiger partial charge >= 0.3 is 0 Å². The summed E-state index contributed by atoms with van der Waals surface area (Å²) in [6.07, 6.45) is 15.5. The van der Waals surface area contributed by atoms with Crippen molar-refractivity contribution in [2.45, 2.75) is 77.6 Å². The summed E-state index contributed by atoms with van der Waals surface area (Å²) >= 11 is 0. The lowest BCUT2D eigenvalue weighted by atomic mass is 10.0. The zero-order valence-corrected chi connectivity index (χ0v) is 13.6. The fourth-order valence-corrected chi connectivity index (χ4v) is 2.46. The standard InChI is InChI=1S/C18H30.C2H4/c1-2-3-4-5-6-7-8-9-10-12-15-18-16-13-11-14-17-18;1-2/h11,13-14,16-17H,2-10,12,15H2,1H3;1-2H2. The maximum atomic E-state index is 3.00. The summed E-state index contributed by atoms with van der Waals surface area (Å²) in [4.78, 5) is 0. The first kappa shape index (κ1) is 19.0. The number of rotatable bonds is 11. The molecular weight excluding hydrogens is 240 g/mol. The summed E-state index contributed by atoms with van der Waals surface area (Å²) in [5.74, 6) is 0. The van der Waals surface area contributed by atoms with Gasteiger partial charge in [-0.2, -0.15) is 0 Å². The van der Waals surface area contributed by atoms with E-state index in [-0.39, 0.29) is 0 Å². The molecule has 0 nitrogen and oxygen atoms in total. The van der Waals surface area contributed by atoms with Gasteiger partial charge in [0.05, 0.1) is 0 Å². The average Bonchev–Trinajstić information content (AvgIpc) is 2.52. The van der Waals surface area contributed by atoms with E-state index in [1.165, 1.54) is 76.2 Å². The maximum absolute atomic E-state index is 3.00. The highest BCUT2D eigenvalue weighted by atomic mass is 14.0. The van der Waals surface area contributed by atoms with Crippen LogP contribution in [0.15, 0.2) is 43.5 Å². The lowest BCUT2D eigenvalue weighted by Gasteiger charge is -2.03. The average molecular weight is 274 g/mol. The predicted molar refractivity (Wildman–Crippen MR) is 93.2 cm³/mol. The van der Waals surface area contributed by atoms with Crippen LogP contribution in [0.25, 0.3) is 0 Å². The van der Waals surface area contributed by atoms with E-state index < -0.39 is 0 Å². The molecule has 0 saturated heterocycles. The van der Waals surface area contributed by atoms with Crippen LogP contribution in [0.1, 0.15) is 76.7 Å². The van der Waals surface area contributed by atoms with Gasteiger partial charge in [0.15, 0.2) is 0 Å². The van der Waals surface area contributed by atoms with Crippen molar-refractivity contribution in [3.63, 3.8) is 0 Å². The van der Waals surface area contributed by atoms with Crippen LogP contribution in [0.5, 0.6) is 0 Å². The summed E-state index contributed by atoms with van der Waals surface area (Å²) in [5, 5.41) is 0. The molecule has 1 rings (SSSR count). The monoisotopic (exact) mass is 274 g/mol. The summed E-state index contributed by atoms with van der Waals surface area (Å²) in [6.45, 7) is 8.28. The van der Waals surface area contributed by atoms with E-state index in [1.807, 2.05) is 0 Å². The minimum Gasteiger partial charge on any atom is -0.106 e. The van der Waals surface area contributed by atoms with Gasteiger partial charge in [-0.3, -0.25) is 0 Å². The van der Waals surface area contributed by atoms with Crippen molar-refractivity contribution < 1.29 is 0 Å². The van der Waals surface area contributed by atoms with Gasteiger partial charge < -0.3 is 0 Å². The van der Waals surface area contributed by atoms with E-state index in [0.717, 1.165) is 0 Å². The molecule has 0 aliphatic carbocycles. The van der Waals surface area contributed by atoms with Gasteiger partial charge in [-0.1, -0.05) is 95.0 Å². The second kappa shape index (κ2) is 16.0. The molecule has 0 radical (unpaired) electrons. The fraction of sp³-hybridized carbons (Fsp3) is 0.600. The Kier molecular flexibility index (Phi) is 15.2. The van der Waals surface area contributed by atoms with E-state index in [2.05, 4.69) is 50.4 Å². The first-order valence-corrected chi connectivity index (χ1v) is 8.47. The Morgan fingerprint density at radius 2 is 1.10 bits per heavy atom. The normalized spacial score (nSPS) is 9.85. The molecule has 114 valence electrons. The van der Waals surface area contributed by atoms with Gasteiger partial charge in [-0.05, 0) is 18.4 Å². The molecule has 0 atom stereocenters. The van der Waals surface area contributed by atoms with E-state index in [9.17, 15) is 0 Å². The minimum atomic E-state index is 1.26. The van der Waals surface area contributed by atoms with Crippen LogP contribution in [0.4, 0.5) is 0 Å². The highest BCUT2D eigenvalue weighted by Crippen LogP contribution is 2.12. The van der Waals surface area contributed by atoms with Gasteiger partial charge in [0, 0.05) is 0 Å². The Bertz CT molecular complexity index is 275. The number of hydrogen-bond donors (Lipinski definition) is 0. The van der Waals surface area contributed by atoms with Gasteiger partial charge in [0.1, 0.15) is 0 Å². The molecular formula is C20H34. The van der Waals surface area contributed by atoms with E-state index in [1.54, 1.807) is 0 Å². The van der Waals surface area contributed by atoms with Crippen molar-refractivity contribution in [3.05, 3.63) is 49.1 Å². The van der Waals surface area contributed by atoms with Crippen LogP contribution in [-0.4, -0.2) is 0 Å². The topological polar surface area (TPSA) is 0 Å². The number of benzene rings is 1. The minimum absolute atomic E-state index is 1.26. The largest absolute Gasteiger partial charge is 0.106 e. The van der Waals surface area contributed by atoms with Crippen LogP contribution in [0.3, 0.4) is 0 Å². The van der Waals surface area contributed by atoms with Gasteiger partial charge in [-0.25, -0.2) is 0 Å². The first-order chi connectivity index (χ1) is 9.93. The zero-order chi connectivity index (χ0) is 14.9. The molecule has 0 bridgehead atoms. The lowest BCUT2D eigenvalue weighted by Crippen LogP contribution is -1.86. The Balaban J connectivity index is 0.00000172. The van der Waals surface area contributed by atoms with E-state index in [0.29, 0.717) is 0 Å². The Morgan fingerprint density at radius 1 is 0.650 bits per heavy atom. The van der Waals surface area contributed by atoms with Crippen LogP contribution < -0.4 is 0 Å². The third kappa shape index (κ3) is 12.0. The quantitative estimate of drug-likeness (QED) is 0.302. The molecule has 1 aromatic carbocycles. The SMILES string of the molecule is C=C.CCCCCCCCCCCCc1ccccc1. The third-order valence-corrected chi connectivity index (χ3v) is 3.66. The third-order valence-electron chi connectivity index (χ3n) is 3.66. The summed E-state index contributed by atoms with van der Waals surface area (Å²) < 4.78 is 0. The molecule has 0 aliphatic heterocycles. The molecule has 0 N–H and O–H groups in total. The van der Waals surface area contributed by atoms with Crippen molar-refractivity contribution in [1.82, 2.24) is 0 Å². The molecule has 0 aliphatic rings. The molecule has 0 aromatic heterocycles. The fourth-order valence-electron chi connectivity index (χ4n) is 2.46. The number of unbranched alkanes of at least 4 members (excludes halogenated alkanes) is 9. The molecule has 0 amide bonds. The van der Waals surface area contributed by atoms with Gasteiger partial charge in [0.2, 0.25) is 0 Å². The highest BCUT2D eigenvalue weighted by Gasteiger charge is 1.94. The second-order valence-corrected chi connectivity index (χ2v) is 5.42. The predicted octanol–water partition coefficient (Wildman–Crippen LogP) is 6.95. The van der Waals surface area contributed by atoms with Crippen molar-refractivity contribution in [3.8, 4) is 0 Å². The summed E-state index contributed by atoms with van der Waals surface area (Å²) in [6, 6.07) is 10.9. The van der Waals surface area contributed by atoms with Gasteiger partial charge in [-0.15, -0.1) is 13.2 Å². The van der Waals surface area contributed by atoms with Crippen LogP contribution >= 0.6 is 0 Å².